The van der Waals surface area contributed by atoms with Gasteiger partial charge >= 0.3 is 0 Å². The van der Waals surface area contributed by atoms with Crippen LogP contribution in [0.25, 0.3) is 0 Å². The Morgan fingerprint density at radius 3 is 2.55 bits per heavy atom. The number of nitrogens with one attached hydrogen (secondary N) is 1. The molecule has 0 bridgehead atoms. The lowest BCUT2D eigenvalue weighted by Gasteiger charge is -2.06. The third kappa shape index (κ3) is 3.82. The minimum atomic E-state index is -0.180. The molecule has 0 atom stereocenters. The first-order valence-electron chi connectivity index (χ1n) is 6.24. The number of anilines is 1. The van der Waals surface area contributed by atoms with Gasteiger partial charge in [-0.15, -0.1) is 11.8 Å². The minimum Gasteiger partial charge on any atom is -0.396 e. The van der Waals surface area contributed by atoms with Crippen LogP contribution in [0, 0.1) is 0 Å². The first kappa shape index (κ1) is 14.6. The highest BCUT2D eigenvalue weighted by Crippen LogP contribution is 2.14. The van der Waals surface area contributed by atoms with E-state index in [0.717, 1.165) is 16.3 Å². The number of amides is 1. The molecule has 1 amide bonds. The van der Waals surface area contributed by atoms with Crippen LogP contribution >= 0.6 is 11.8 Å². The maximum atomic E-state index is 12.0. The smallest absolute Gasteiger partial charge is 0.257 e. The number of aliphatic hydroxyl groups excluding tert-OH is 1. The Morgan fingerprint density at radius 1 is 1.25 bits per heavy atom. The van der Waals surface area contributed by atoms with Gasteiger partial charge in [0.2, 0.25) is 0 Å². The Morgan fingerprint density at radius 2 is 2.00 bits per heavy atom. The van der Waals surface area contributed by atoms with Crippen LogP contribution in [0.3, 0.4) is 0 Å². The van der Waals surface area contributed by atoms with Crippen LogP contribution in [-0.2, 0) is 6.42 Å². The van der Waals surface area contributed by atoms with Crippen LogP contribution in [0.1, 0.15) is 15.9 Å². The van der Waals surface area contributed by atoms with Gasteiger partial charge in [0.25, 0.3) is 5.91 Å². The molecule has 104 valence electrons. The first-order valence-corrected chi connectivity index (χ1v) is 7.46. The van der Waals surface area contributed by atoms with Gasteiger partial charge in [-0.05, 0) is 42.5 Å². The molecule has 2 aromatic rings. The number of pyridine rings is 1. The first-order chi connectivity index (χ1) is 9.72. The molecule has 1 aromatic carbocycles. The molecule has 5 heteroatoms. The summed E-state index contributed by atoms with van der Waals surface area (Å²) in [6.45, 7) is 0.124. The summed E-state index contributed by atoms with van der Waals surface area (Å²) in [5.74, 6) is -0.180. The number of rotatable bonds is 5. The monoisotopic (exact) mass is 288 g/mol. The fourth-order valence-electron chi connectivity index (χ4n) is 1.72. The molecular weight excluding hydrogens is 272 g/mol. The van der Waals surface area contributed by atoms with E-state index in [1.807, 2.05) is 36.6 Å². The summed E-state index contributed by atoms with van der Waals surface area (Å²) in [5.41, 5.74) is 2.30. The van der Waals surface area contributed by atoms with E-state index in [1.165, 1.54) is 11.8 Å². The third-order valence-electron chi connectivity index (χ3n) is 2.82. The van der Waals surface area contributed by atoms with Crippen LogP contribution in [-0.4, -0.2) is 28.9 Å². The molecule has 4 nitrogen and oxygen atoms in total. The van der Waals surface area contributed by atoms with Gasteiger partial charge in [-0.3, -0.25) is 4.79 Å². The van der Waals surface area contributed by atoms with Crippen molar-refractivity contribution >= 4 is 23.4 Å². The molecule has 0 spiro atoms. The Kier molecular flexibility index (Phi) is 5.15. The van der Waals surface area contributed by atoms with E-state index >= 15 is 0 Å². The molecule has 2 N–H and O–H groups in total. The number of thioether (sulfide) groups is 1. The molecule has 0 aliphatic rings. The molecule has 0 aliphatic carbocycles. The normalized spacial score (nSPS) is 10.3. The van der Waals surface area contributed by atoms with E-state index in [1.54, 1.807) is 12.3 Å². The Hall–Kier alpha value is -1.85. The maximum Gasteiger partial charge on any atom is 0.257 e. The van der Waals surface area contributed by atoms with Crippen molar-refractivity contribution in [2.75, 3.05) is 18.2 Å². The summed E-state index contributed by atoms with van der Waals surface area (Å²) in [6, 6.07) is 11.0. The Bertz CT molecular complexity index is 567. The number of hydrogen-bond acceptors (Lipinski definition) is 4. The molecule has 0 fully saturated rings. The predicted octanol–water partition coefficient (Wildman–Crippen LogP) is 2.59. The third-order valence-corrected chi connectivity index (χ3v) is 3.48. The standard InChI is InChI=1S/C15H16N2O2S/c1-20-14-7-4-12(10-16-14)15(19)17-13-5-2-11(3-6-13)8-9-18/h2-7,10,18H,8-9H2,1H3,(H,17,19). The fourth-order valence-corrected chi connectivity index (χ4v) is 2.08. The lowest BCUT2D eigenvalue weighted by atomic mass is 10.1. The second kappa shape index (κ2) is 7.07. The van der Waals surface area contributed by atoms with Crippen molar-refractivity contribution in [2.45, 2.75) is 11.4 Å². The van der Waals surface area contributed by atoms with E-state index < -0.39 is 0 Å². The van der Waals surface area contributed by atoms with Crippen LogP contribution < -0.4 is 5.32 Å². The van der Waals surface area contributed by atoms with Crippen molar-refractivity contribution in [1.29, 1.82) is 0 Å². The summed E-state index contributed by atoms with van der Waals surface area (Å²) in [5, 5.41) is 12.5. The molecular formula is C15H16N2O2S. The SMILES string of the molecule is CSc1ccc(C(=O)Nc2ccc(CCO)cc2)cn1. The van der Waals surface area contributed by atoms with Crippen molar-refractivity contribution in [1.82, 2.24) is 4.98 Å². The molecule has 0 saturated heterocycles. The minimum absolute atomic E-state index is 0.124. The van der Waals surface area contributed by atoms with Gasteiger partial charge in [0.1, 0.15) is 0 Å². The van der Waals surface area contributed by atoms with Crippen molar-refractivity contribution in [3.05, 3.63) is 53.7 Å². The molecule has 20 heavy (non-hydrogen) atoms. The van der Waals surface area contributed by atoms with Gasteiger partial charge in [-0.2, -0.15) is 0 Å². The lowest BCUT2D eigenvalue weighted by Crippen LogP contribution is -2.12. The van der Waals surface area contributed by atoms with Gasteiger partial charge < -0.3 is 10.4 Å². The number of benzene rings is 1. The van der Waals surface area contributed by atoms with Crippen molar-refractivity contribution in [3.8, 4) is 0 Å². The van der Waals surface area contributed by atoms with E-state index in [4.69, 9.17) is 5.11 Å². The molecule has 0 unspecified atom stereocenters. The zero-order valence-electron chi connectivity index (χ0n) is 11.2. The van der Waals surface area contributed by atoms with E-state index in [-0.39, 0.29) is 12.5 Å². The summed E-state index contributed by atoms with van der Waals surface area (Å²) in [6.07, 6.45) is 4.13. The van der Waals surface area contributed by atoms with Gasteiger partial charge in [-0.25, -0.2) is 4.98 Å². The van der Waals surface area contributed by atoms with E-state index in [0.29, 0.717) is 12.0 Å². The topological polar surface area (TPSA) is 62.2 Å². The predicted molar refractivity (Wildman–Crippen MR) is 81.2 cm³/mol. The van der Waals surface area contributed by atoms with Gasteiger partial charge in [-0.1, -0.05) is 12.1 Å². The van der Waals surface area contributed by atoms with Gasteiger partial charge in [0.05, 0.1) is 10.6 Å². The van der Waals surface area contributed by atoms with Gasteiger partial charge in [0.15, 0.2) is 0 Å². The molecule has 1 heterocycles. The molecule has 1 aromatic heterocycles. The maximum absolute atomic E-state index is 12.0. The second-order valence-corrected chi connectivity index (χ2v) is 5.04. The van der Waals surface area contributed by atoms with Crippen molar-refractivity contribution in [3.63, 3.8) is 0 Å². The molecule has 0 aliphatic heterocycles. The quantitative estimate of drug-likeness (QED) is 0.830. The van der Waals surface area contributed by atoms with Gasteiger partial charge in [0, 0.05) is 18.5 Å². The highest BCUT2D eigenvalue weighted by molar-refractivity contribution is 7.98. The number of nitrogens with zero attached hydrogens (tertiary/aromatic N) is 1. The number of carbonyl (C=O) groups excluding carboxylic acids is 1. The Labute approximate surface area is 122 Å². The highest BCUT2D eigenvalue weighted by atomic mass is 32.2. The number of aromatic nitrogens is 1. The average Bonchev–Trinajstić information content (AvgIpc) is 2.49. The zero-order valence-corrected chi connectivity index (χ0v) is 12.0. The summed E-state index contributed by atoms with van der Waals surface area (Å²) in [4.78, 5) is 16.2. The second-order valence-electron chi connectivity index (χ2n) is 4.21. The van der Waals surface area contributed by atoms with Crippen LogP contribution in [0.5, 0.6) is 0 Å². The highest BCUT2D eigenvalue weighted by Gasteiger charge is 2.06. The van der Waals surface area contributed by atoms with Crippen LogP contribution in [0.2, 0.25) is 0 Å². The average molecular weight is 288 g/mol. The number of carbonyl (C=O) groups is 1. The largest absolute Gasteiger partial charge is 0.396 e. The molecule has 2 rings (SSSR count). The molecule has 0 saturated carbocycles. The fraction of sp³-hybridized carbons (Fsp3) is 0.200. The summed E-state index contributed by atoms with van der Waals surface area (Å²) < 4.78 is 0. The van der Waals surface area contributed by atoms with Crippen molar-refractivity contribution in [2.24, 2.45) is 0 Å². The van der Waals surface area contributed by atoms with E-state index in [9.17, 15) is 4.79 Å². The Balaban J connectivity index is 2.02. The van der Waals surface area contributed by atoms with Crippen LogP contribution in [0.4, 0.5) is 5.69 Å². The summed E-state index contributed by atoms with van der Waals surface area (Å²) in [7, 11) is 0. The number of hydrogen-bond donors (Lipinski definition) is 2. The number of aliphatic hydroxyl groups is 1. The lowest BCUT2D eigenvalue weighted by molar-refractivity contribution is 0.102. The zero-order chi connectivity index (χ0) is 14.4. The summed E-state index contributed by atoms with van der Waals surface area (Å²) >= 11 is 1.54. The van der Waals surface area contributed by atoms with E-state index in [2.05, 4.69) is 10.3 Å². The van der Waals surface area contributed by atoms with Crippen LogP contribution in [0.15, 0.2) is 47.6 Å². The molecule has 0 radical (unpaired) electrons. The van der Waals surface area contributed by atoms with Crippen molar-refractivity contribution < 1.29 is 9.90 Å².